The zero-order valence-electron chi connectivity index (χ0n) is 15.5. The van der Waals surface area contributed by atoms with Gasteiger partial charge in [-0.2, -0.15) is 0 Å². The van der Waals surface area contributed by atoms with Crippen molar-refractivity contribution in [1.29, 1.82) is 0 Å². The van der Waals surface area contributed by atoms with Crippen molar-refractivity contribution in [3.63, 3.8) is 0 Å². The molecule has 1 aliphatic heterocycles. The second-order valence-corrected chi connectivity index (χ2v) is 7.13. The molecular formula is C20H22F3N3O2. The summed E-state index contributed by atoms with van der Waals surface area (Å²) >= 11 is 0. The van der Waals surface area contributed by atoms with Gasteiger partial charge in [-0.25, -0.2) is 13.2 Å². The first-order valence-electron chi connectivity index (χ1n) is 9.16. The van der Waals surface area contributed by atoms with Crippen molar-refractivity contribution in [2.24, 2.45) is 5.92 Å². The summed E-state index contributed by atoms with van der Waals surface area (Å²) in [6.45, 7) is 2.23. The van der Waals surface area contributed by atoms with E-state index in [2.05, 4.69) is 10.3 Å². The monoisotopic (exact) mass is 393 g/mol. The van der Waals surface area contributed by atoms with Crippen molar-refractivity contribution >= 4 is 11.7 Å². The number of hydrogen-bond donors (Lipinski definition) is 1. The van der Waals surface area contributed by atoms with Crippen molar-refractivity contribution in [2.45, 2.75) is 31.7 Å². The zero-order valence-corrected chi connectivity index (χ0v) is 15.5. The Morgan fingerprint density at radius 1 is 1.36 bits per heavy atom. The summed E-state index contributed by atoms with van der Waals surface area (Å²) < 4.78 is 41.0. The fraction of sp³-hybridized carbons (Fsp3) is 0.450. The molecular weight excluding hydrogens is 371 g/mol. The van der Waals surface area contributed by atoms with E-state index in [9.17, 15) is 22.8 Å². The van der Waals surface area contributed by atoms with Crippen molar-refractivity contribution < 1.29 is 22.8 Å². The molecule has 150 valence electrons. The molecule has 2 heterocycles. The van der Waals surface area contributed by atoms with E-state index < -0.39 is 35.4 Å². The van der Waals surface area contributed by atoms with E-state index in [1.807, 2.05) is 17.9 Å². The molecule has 0 saturated carbocycles. The molecule has 0 spiro atoms. The topological polar surface area (TPSA) is 62.3 Å². The SMILES string of the molecule is Cc1ccc(C(CNC(=O)C2C(=O)C=CC=C2F)N2CCC(F)(F)CC2)cn1. The third-order valence-corrected chi connectivity index (χ3v) is 5.10. The standard InChI is InChI=1S/C20H22F3N3O2/c1-13-5-6-14(11-24-13)16(26-9-7-20(22,23)8-10-26)12-25-19(28)18-15(21)3-2-4-17(18)27/h2-6,11,16,18H,7-10,12H2,1H3,(H,25,28). The van der Waals surface area contributed by atoms with Crippen molar-refractivity contribution in [2.75, 3.05) is 19.6 Å². The number of alkyl halides is 2. The summed E-state index contributed by atoms with van der Waals surface area (Å²) in [6, 6.07) is 3.25. The second kappa shape index (κ2) is 8.26. The van der Waals surface area contributed by atoms with E-state index in [1.165, 1.54) is 6.08 Å². The molecule has 0 bridgehead atoms. The third kappa shape index (κ3) is 4.67. The Bertz CT molecular complexity index is 795. The molecule has 0 aromatic carbocycles. The zero-order chi connectivity index (χ0) is 20.3. The highest BCUT2D eigenvalue weighted by atomic mass is 19.3. The Morgan fingerprint density at radius 3 is 2.68 bits per heavy atom. The largest absolute Gasteiger partial charge is 0.353 e. The lowest BCUT2D eigenvalue weighted by Crippen LogP contribution is -2.46. The van der Waals surface area contributed by atoms with Gasteiger partial charge in [0.15, 0.2) is 11.7 Å². The number of pyridine rings is 1. The third-order valence-electron chi connectivity index (χ3n) is 5.10. The molecule has 2 unspecified atom stereocenters. The van der Waals surface area contributed by atoms with Gasteiger partial charge < -0.3 is 5.32 Å². The molecule has 1 aromatic heterocycles. The van der Waals surface area contributed by atoms with E-state index in [-0.39, 0.29) is 32.5 Å². The van der Waals surface area contributed by atoms with Crippen LogP contribution in [0, 0.1) is 12.8 Å². The first kappa shape index (κ1) is 20.3. The Hall–Kier alpha value is -2.48. The molecule has 1 aliphatic carbocycles. The van der Waals surface area contributed by atoms with E-state index in [1.54, 1.807) is 12.3 Å². The number of piperidine rings is 1. The highest BCUT2D eigenvalue weighted by Gasteiger charge is 2.37. The van der Waals surface area contributed by atoms with Crippen LogP contribution in [-0.4, -0.2) is 47.1 Å². The molecule has 28 heavy (non-hydrogen) atoms. The highest BCUT2D eigenvalue weighted by Crippen LogP contribution is 2.32. The van der Waals surface area contributed by atoms with E-state index >= 15 is 0 Å². The molecule has 1 fully saturated rings. The predicted molar refractivity (Wildman–Crippen MR) is 97.3 cm³/mol. The van der Waals surface area contributed by atoms with Crippen LogP contribution in [0.1, 0.15) is 30.1 Å². The number of nitrogens with zero attached hydrogens (tertiary/aromatic N) is 2. The number of carbonyl (C=O) groups is 2. The minimum absolute atomic E-state index is 0.0654. The van der Waals surface area contributed by atoms with E-state index in [0.29, 0.717) is 0 Å². The van der Waals surface area contributed by atoms with Gasteiger partial charge in [-0.3, -0.25) is 19.5 Å². The van der Waals surface area contributed by atoms with Gasteiger partial charge >= 0.3 is 0 Å². The molecule has 1 N–H and O–H groups in total. The lowest BCUT2D eigenvalue weighted by Gasteiger charge is -2.37. The molecule has 2 atom stereocenters. The number of halogens is 3. The second-order valence-electron chi connectivity index (χ2n) is 7.13. The maximum absolute atomic E-state index is 13.9. The number of carbonyl (C=O) groups excluding carboxylic acids is 2. The number of amides is 1. The molecule has 8 heteroatoms. The number of aromatic nitrogens is 1. The van der Waals surface area contributed by atoms with Crippen molar-refractivity contribution in [1.82, 2.24) is 15.2 Å². The van der Waals surface area contributed by atoms with Gasteiger partial charge in [0.05, 0.1) is 6.04 Å². The highest BCUT2D eigenvalue weighted by molar-refractivity contribution is 6.09. The average molecular weight is 393 g/mol. The molecule has 0 radical (unpaired) electrons. The quantitative estimate of drug-likeness (QED) is 0.782. The Kier molecular flexibility index (Phi) is 5.98. The number of nitrogens with one attached hydrogen (secondary N) is 1. The van der Waals surface area contributed by atoms with Gasteiger partial charge in [0.1, 0.15) is 5.83 Å². The number of ketones is 1. The van der Waals surface area contributed by atoms with Gasteiger partial charge in [-0.15, -0.1) is 0 Å². The van der Waals surface area contributed by atoms with Crippen LogP contribution in [-0.2, 0) is 9.59 Å². The van der Waals surface area contributed by atoms with Crippen LogP contribution < -0.4 is 5.32 Å². The fourth-order valence-corrected chi connectivity index (χ4v) is 3.41. The lowest BCUT2D eigenvalue weighted by molar-refractivity contribution is -0.131. The number of hydrogen-bond acceptors (Lipinski definition) is 4. The first-order valence-corrected chi connectivity index (χ1v) is 9.16. The van der Waals surface area contributed by atoms with Crippen molar-refractivity contribution in [3.05, 3.63) is 53.6 Å². The minimum atomic E-state index is -2.69. The number of aryl methyl sites for hydroxylation is 1. The number of rotatable bonds is 5. The number of likely N-dealkylation sites (tertiary alicyclic amines) is 1. The molecule has 2 aliphatic rings. The summed E-state index contributed by atoms with van der Waals surface area (Å²) in [5.41, 5.74) is 1.57. The summed E-state index contributed by atoms with van der Waals surface area (Å²) in [5.74, 6) is -6.35. The number of allylic oxidation sites excluding steroid dienone is 3. The maximum Gasteiger partial charge on any atom is 0.250 e. The summed E-state index contributed by atoms with van der Waals surface area (Å²) in [5, 5.41) is 2.61. The molecule has 1 aromatic rings. The first-order chi connectivity index (χ1) is 13.3. The van der Waals surface area contributed by atoms with Gasteiger partial charge in [0.25, 0.3) is 5.92 Å². The Labute approximate surface area is 161 Å². The molecule has 5 nitrogen and oxygen atoms in total. The van der Waals surface area contributed by atoms with Crippen molar-refractivity contribution in [3.8, 4) is 0 Å². The Morgan fingerprint density at radius 2 is 2.07 bits per heavy atom. The van der Waals surface area contributed by atoms with Gasteiger partial charge in [0.2, 0.25) is 5.91 Å². The van der Waals surface area contributed by atoms with Gasteiger partial charge in [-0.1, -0.05) is 12.1 Å². The van der Waals surface area contributed by atoms with Crippen LogP contribution in [0.4, 0.5) is 13.2 Å². The van der Waals surface area contributed by atoms with E-state index in [0.717, 1.165) is 23.4 Å². The summed E-state index contributed by atoms with van der Waals surface area (Å²) in [6.07, 6.45) is 4.62. The maximum atomic E-state index is 13.9. The van der Waals surface area contributed by atoms with Crippen LogP contribution in [0.3, 0.4) is 0 Å². The van der Waals surface area contributed by atoms with E-state index in [4.69, 9.17) is 0 Å². The smallest absolute Gasteiger partial charge is 0.250 e. The lowest BCUT2D eigenvalue weighted by atomic mass is 9.96. The summed E-state index contributed by atoms with van der Waals surface area (Å²) in [7, 11) is 0. The van der Waals surface area contributed by atoms with Crippen LogP contribution in [0.2, 0.25) is 0 Å². The predicted octanol–water partition coefficient (Wildman–Crippen LogP) is 2.89. The average Bonchev–Trinajstić information content (AvgIpc) is 2.64. The Balaban J connectivity index is 1.73. The van der Waals surface area contributed by atoms with Crippen LogP contribution >= 0.6 is 0 Å². The minimum Gasteiger partial charge on any atom is -0.353 e. The van der Waals surface area contributed by atoms with Crippen LogP contribution in [0.25, 0.3) is 0 Å². The van der Waals surface area contributed by atoms with Gasteiger partial charge in [0, 0.05) is 44.4 Å². The molecule has 1 saturated heterocycles. The normalized spacial score (nSPS) is 23.2. The summed E-state index contributed by atoms with van der Waals surface area (Å²) in [4.78, 5) is 30.3. The van der Waals surface area contributed by atoms with Gasteiger partial charge in [-0.05, 0) is 30.7 Å². The molecule has 3 rings (SSSR count). The van der Waals surface area contributed by atoms with Crippen LogP contribution in [0.5, 0.6) is 0 Å². The fourth-order valence-electron chi connectivity index (χ4n) is 3.41. The van der Waals surface area contributed by atoms with Crippen LogP contribution in [0.15, 0.2) is 42.4 Å². The molecule has 1 amide bonds.